The van der Waals surface area contributed by atoms with Crippen LogP contribution in [0, 0.1) is 0 Å². The molecule has 7 nitrogen and oxygen atoms in total. The van der Waals surface area contributed by atoms with E-state index in [1.807, 2.05) is 54.6 Å². The van der Waals surface area contributed by atoms with E-state index < -0.39 is 28.5 Å². The van der Waals surface area contributed by atoms with Crippen LogP contribution in [0.3, 0.4) is 0 Å². The molecule has 0 unspecified atom stereocenters. The third-order valence-corrected chi connectivity index (χ3v) is 7.09. The first-order chi connectivity index (χ1) is 16.1. The van der Waals surface area contributed by atoms with Gasteiger partial charge in [0.05, 0.1) is 11.9 Å². The van der Waals surface area contributed by atoms with Crippen molar-refractivity contribution in [2.24, 2.45) is 0 Å². The number of amides is 2. The van der Waals surface area contributed by atoms with Crippen molar-refractivity contribution in [2.75, 3.05) is 23.7 Å². The number of hydrogen-bond donors (Lipinski definition) is 1. The summed E-state index contributed by atoms with van der Waals surface area (Å²) >= 11 is 3.43. The molecule has 3 aromatic rings. The molecule has 1 N–H and O–H groups in total. The molecule has 0 radical (unpaired) electrons. The van der Waals surface area contributed by atoms with E-state index in [1.165, 1.54) is 4.90 Å². The molecule has 0 heterocycles. The van der Waals surface area contributed by atoms with Gasteiger partial charge in [0.15, 0.2) is 0 Å². The van der Waals surface area contributed by atoms with Gasteiger partial charge in [0.1, 0.15) is 12.6 Å². The molecule has 0 aliphatic rings. The molecule has 180 valence electrons. The van der Waals surface area contributed by atoms with E-state index in [1.54, 1.807) is 26.0 Å². The molecule has 0 saturated carbocycles. The molecule has 9 heteroatoms. The van der Waals surface area contributed by atoms with E-state index in [4.69, 9.17) is 0 Å². The zero-order chi connectivity index (χ0) is 24.9. The maximum absolute atomic E-state index is 13.6. The maximum Gasteiger partial charge on any atom is 0.244 e. The number of carbonyl (C=O) groups is 2. The first kappa shape index (κ1) is 25.7. The summed E-state index contributed by atoms with van der Waals surface area (Å²) in [4.78, 5) is 27.6. The van der Waals surface area contributed by atoms with Crippen LogP contribution in [0.2, 0.25) is 0 Å². The van der Waals surface area contributed by atoms with Crippen molar-refractivity contribution in [3.63, 3.8) is 0 Å². The second kappa shape index (κ2) is 11.0. The summed E-state index contributed by atoms with van der Waals surface area (Å²) in [6.45, 7) is 3.60. The van der Waals surface area contributed by atoms with Gasteiger partial charge in [-0.15, -0.1) is 0 Å². The van der Waals surface area contributed by atoms with Crippen LogP contribution in [0.1, 0.15) is 19.4 Å². The Kier molecular flexibility index (Phi) is 8.33. The molecule has 0 aliphatic carbocycles. The van der Waals surface area contributed by atoms with Crippen LogP contribution >= 0.6 is 15.9 Å². The number of benzene rings is 3. The molecule has 0 saturated heterocycles. The van der Waals surface area contributed by atoms with Gasteiger partial charge in [0, 0.05) is 22.9 Å². The van der Waals surface area contributed by atoms with Gasteiger partial charge in [-0.25, -0.2) is 8.42 Å². The van der Waals surface area contributed by atoms with Crippen LogP contribution in [-0.2, 0) is 26.2 Å². The highest BCUT2D eigenvalue weighted by atomic mass is 79.9. The fourth-order valence-corrected chi connectivity index (χ4v) is 5.07. The number of nitrogens with zero attached hydrogens (tertiary/aromatic N) is 2. The highest BCUT2D eigenvalue weighted by molar-refractivity contribution is 9.10. The van der Waals surface area contributed by atoms with Gasteiger partial charge in [0.25, 0.3) is 0 Å². The van der Waals surface area contributed by atoms with Crippen molar-refractivity contribution < 1.29 is 18.0 Å². The summed E-state index contributed by atoms with van der Waals surface area (Å²) in [5, 5.41) is 4.33. The molecule has 34 heavy (non-hydrogen) atoms. The van der Waals surface area contributed by atoms with Gasteiger partial charge < -0.3 is 10.2 Å². The van der Waals surface area contributed by atoms with Gasteiger partial charge in [-0.1, -0.05) is 64.5 Å². The van der Waals surface area contributed by atoms with E-state index in [-0.39, 0.29) is 12.5 Å². The lowest BCUT2D eigenvalue weighted by Crippen LogP contribution is -2.51. The zero-order valence-electron chi connectivity index (χ0n) is 19.4. The first-order valence-electron chi connectivity index (χ1n) is 10.9. The van der Waals surface area contributed by atoms with Crippen LogP contribution in [0.4, 0.5) is 5.69 Å². The van der Waals surface area contributed by atoms with Crippen LogP contribution in [0.5, 0.6) is 0 Å². The number of likely N-dealkylation sites (N-methyl/N-ethyl adjacent to an activating group) is 1. The normalized spacial score (nSPS) is 12.2. The number of carbonyl (C=O) groups excluding carboxylic acids is 2. The largest absolute Gasteiger partial charge is 0.355 e. The van der Waals surface area contributed by atoms with Crippen LogP contribution in [0.25, 0.3) is 10.8 Å². The number of nitrogens with one attached hydrogen (secondary N) is 1. The van der Waals surface area contributed by atoms with Crippen molar-refractivity contribution in [1.29, 1.82) is 0 Å². The molecule has 0 fully saturated rings. The minimum Gasteiger partial charge on any atom is -0.355 e. The second-order valence-corrected chi connectivity index (χ2v) is 10.8. The zero-order valence-corrected chi connectivity index (χ0v) is 21.8. The number of fused-ring (bicyclic) bond motifs is 1. The minimum absolute atomic E-state index is 0.156. The second-order valence-electron chi connectivity index (χ2n) is 7.99. The minimum atomic E-state index is -3.80. The summed E-state index contributed by atoms with van der Waals surface area (Å²) in [6.07, 6.45) is 1.08. The Morgan fingerprint density at radius 3 is 2.38 bits per heavy atom. The van der Waals surface area contributed by atoms with Gasteiger partial charge in [-0.3, -0.25) is 13.9 Å². The van der Waals surface area contributed by atoms with Crippen LogP contribution in [0.15, 0.2) is 71.2 Å². The van der Waals surface area contributed by atoms with Crippen LogP contribution in [-0.4, -0.2) is 50.5 Å². The van der Waals surface area contributed by atoms with Crippen molar-refractivity contribution >= 4 is 54.2 Å². The predicted molar refractivity (Wildman–Crippen MR) is 139 cm³/mol. The first-order valence-corrected chi connectivity index (χ1v) is 13.5. The molecule has 1 atom stereocenters. The SMILES string of the molecule is CCNC(=O)[C@@H](C)N(Cc1cccc(Br)c1)C(=O)CN(c1cccc2ccccc12)S(C)(=O)=O. The van der Waals surface area contributed by atoms with E-state index in [0.717, 1.165) is 31.4 Å². The molecular formula is C25H28BrN3O4S. The molecule has 3 aromatic carbocycles. The standard InChI is InChI=1S/C25H28BrN3O4S/c1-4-27-25(31)18(2)28(16-19-9-7-12-21(26)15-19)24(30)17-29(34(3,32)33)23-14-8-11-20-10-5-6-13-22(20)23/h5-15,18H,4,16-17H2,1-3H3,(H,27,31)/t18-/m1/s1. The van der Waals surface area contributed by atoms with E-state index in [0.29, 0.717) is 12.2 Å². The van der Waals surface area contributed by atoms with Crippen LogP contribution < -0.4 is 9.62 Å². The third-order valence-electron chi connectivity index (χ3n) is 5.47. The lowest BCUT2D eigenvalue weighted by molar-refractivity contribution is -0.139. The molecule has 0 bridgehead atoms. The highest BCUT2D eigenvalue weighted by Crippen LogP contribution is 2.28. The lowest BCUT2D eigenvalue weighted by Gasteiger charge is -2.31. The Morgan fingerprint density at radius 1 is 1.03 bits per heavy atom. The highest BCUT2D eigenvalue weighted by Gasteiger charge is 2.30. The Bertz CT molecular complexity index is 1290. The summed E-state index contributed by atoms with van der Waals surface area (Å²) in [5.41, 5.74) is 1.23. The number of anilines is 1. The van der Waals surface area contributed by atoms with E-state index in [9.17, 15) is 18.0 Å². The van der Waals surface area contributed by atoms with Gasteiger partial charge in [0.2, 0.25) is 21.8 Å². The summed E-state index contributed by atoms with van der Waals surface area (Å²) in [5.74, 6) is -0.779. The Labute approximate surface area is 208 Å². The molecule has 2 amide bonds. The number of halogens is 1. The fraction of sp³-hybridized carbons (Fsp3) is 0.280. The predicted octanol–water partition coefficient (Wildman–Crippen LogP) is 3.92. The topological polar surface area (TPSA) is 86.8 Å². The smallest absolute Gasteiger partial charge is 0.244 e. The van der Waals surface area contributed by atoms with Gasteiger partial charge in [-0.2, -0.15) is 0 Å². The molecular weight excluding hydrogens is 518 g/mol. The summed E-state index contributed by atoms with van der Waals surface area (Å²) in [7, 11) is -3.80. The Balaban J connectivity index is 2.00. The average Bonchev–Trinajstić information content (AvgIpc) is 2.79. The molecule has 0 aromatic heterocycles. The van der Waals surface area contributed by atoms with Gasteiger partial charge >= 0.3 is 0 Å². The van der Waals surface area contributed by atoms with Crippen molar-refractivity contribution in [2.45, 2.75) is 26.4 Å². The lowest BCUT2D eigenvalue weighted by atomic mass is 10.1. The summed E-state index contributed by atoms with van der Waals surface area (Å²) in [6, 6.07) is 19.4. The number of sulfonamides is 1. The third kappa shape index (κ3) is 6.15. The average molecular weight is 546 g/mol. The molecule has 0 aliphatic heterocycles. The van der Waals surface area contributed by atoms with E-state index in [2.05, 4.69) is 21.2 Å². The maximum atomic E-state index is 13.6. The monoisotopic (exact) mass is 545 g/mol. The molecule has 0 spiro atoms. The Hall–Kier alpha value is -2.91. The van der Waals surface area contributed by atoms with E-state index >= 15 is 0 Å². The Morgan fingerprint density at radius 2 is 1.71 bits per heavy atom. The number of hydrogen-bond acceptors (Lipinski definition) is 4. The van der Waals surface area contributed by atoms with Crippen molar-refractivity contribution in [3.05, 3.63) is 76.8 Å². The van der Waals surface area contributed by atoms with Crippen molar-refractivity contribution in [3.8, 4) is 0 Å². The number of rotatable bonds is 9. The van der Waals surface area contributed by atoms with Crippen molar-refractivity contribution in [1.82, 2.24) is 10.2 Å². The summed E-state index contributed by atoms with van der Waals surface area (Å²) < 4.78 is 27.6. The molecule has 3 rings (SSSR count). The van der Waals surface area contributed by atoms with Gasteiger partial charge in [-0.05, 0) is 43.0 Å². The quantitative estimate of drug-likeness (QED) is 0.441. The fourth-order valence-electron chi connectivity index (χ4n) is 3.76.